The van der Waals surface area contributed by atoms with E-state index in [1.54, 1.807) is 33.9 Å². The van der Waals surface area contributed by atoms with Crippen molar-refractivity contribution < 1.29 is 29.0 Å². The number of amides is 3. The van der Waals surface area contributed by atoms with Crippen molar-refractivity contribution in [2.24, 2.45) is 17.8 Å². The van der Waals surface area contributed by atoms with Crippen LogP contribution in [0.15, 0.2) is 48.6 Å². The number of carbonyl (C=O) groups is 3. The molecule has 4 aliphatic rings. The van der Waals surface area contributed by atoms with Crippen LogP contribution in [-0.4, -0.2) is 89.3 Å². The van der Waals surface area contributed by atoms with Crippen molar-refractivity contribution in [3.63, 3.8) is 0 Å². The van der Waals surface area contributed by atoms with E-state index in [9.17, 15) is 19.5 Å². The molecule has 5 rings (SSSR count). The number of likely N-dealkylation sites (tertiary alicyclic amines) is 1. The van der Waals surface area contributed by atoms with Crippen LogP contribution < -0.4 is 9.64 Å². The van der Waals surface area contributed by atoms with E-state index in [2.05, 4.69) is 0 Å². The number of ether oxygens (including phenoxy) is 2. The van der Waals surface area contributed by atoms with E-state index in [-0.39, 0.29) is 36.8 Å². The second-order valence-corrected chi connectivity index (χ2v) is 11.6. The van der Waals surface area contributed by atoms with Crippen molar-refractivity contribution in [3.05, 3.63) is 48.6 Å². The first-order valence-electron chi connectivity index (χ1n) is 14.4. The predicted octanol–water partition coefficient (Wildman–Crippen LogP) is 2.78. The molecule has 2 saturated heterocycles. The largest absolute Gasteiger partial charge is 0.497 e. The molecule has 2 fully saturated rings. The number of hydrogen-bond donors (Lipinski definition) is 1. The Morgan fingerprint density at radius 2 is 1.73 bits per heavy atom. The Balaban J connectivity index is 1.66. The van der Waals surface area contributed by atoms with Crippen LogP contribution in [0.2, 0.25) is 0 Å². The molecule has 4 aliphatic heterocycles. The van der Waals surface area contributed by atoms with Gasteiger partial charge in [-0.05, 0) is 43.5 Å². The Bertz CT molecular complexity index is 1210. The molecule has 0 radical (unpaired) electrons. The lowest BCUT2D eigenvalue weighted by molar-refractivity contribution is -0.152. The third kappa shape index (κ3) is 4.16. The van der Waals surface area contributed by atoms with Crippen molar-refractivity contribution in [2.45, 2.75) is 63.8 Å². The highest BCUT2D eigenvalue weighted by atomic mass is 16.5. The van der Waals surface area contributed by atoms with Crippen molar-refractivity contribution in [1.82, 2.24) is 9.80 Å². The lowest BCUT2D eigenvalue weighted by Gasteiger charge is -2.41. The van der Waals surface area contributed by atoms with Crippen LogP contribution in [0.5, 0.6) is 5.75 Å². The first-order valence-corrected chi connectivity index (χ1v) is 14.4. The van der Waals surface area contributed by atoms with Gasteiger partial charge in [0.2, 0.25) is 11.8 Å². The Morgan fingerprint density at radius 3 is 2.35 bits per heavy atom. The van der Waals surface area contributed by atoms with E-state index < -0.39 is 35.1 Å². The average molecular weight is 552 g/mol. The monoisotopic (exact) mass is 551 g/mol. The number of fused-ring (bicyclic) bond motifs is 2. The number of carbonyl (C=O) groups excluding carboxylic acids is 3. The summed E-state index contributed by atoms with van der Waals surface area (Å²) >= 11 is 0. The van der Waals surface area contributed by atoms with Crippen molar-refractivity contribution in [1.29, 1.82) is 0 Å². The van der Waals surface area contributed by atoms with Crippen LogP contribution in [0.4, 0.5) is 5.69 Å². The maximum atomic E-state index is 14.6. The summed E-state index contributed by atoms with van der Waals surface area (Å²) in [5, 5.41) is 10.6. The molecule has 3 amide bonds. The van der Waals surface area contributed by atoms with Crippen LogP contribution >= 0.6 is 0 Å². The van der Waals surface area contributed by atoms with Crippen molar-refractivity contribution in [2.75, 3.05) is 38.3 Å². The second-order valence-electron chi connectivity index (χ2n) is 11.6. The van der Waals surface area contributed by atoms with E-state index in [0.29, 0.717) is 30.9 Å². The Kier molecular flexibility index (Phi) is 7.56. The molecule has 40 heavy (non-hydrogen) atoms. The molecule has 1 N–H and O–H groups in total. The van der Waals surface area contributed by atoms with Crippen LogP contribution in [-0.2, 0) is 19.1 Å². The van der Waals surface area contributed by atoms with Gasteiger partial charge in [0.25, 0.3) is 5.91 Å². The third-order valence-corrected chi connectivity index (χ3v) is 9.30. The molecular weight excluding hydrogens is 510 g/mol. The van der Waals surface area contributed by atoms with E-state index >= 15 is 0 Å². The molecule has 1 unspecified atom stereocenters. The second kappa shape index (κ2) is 10.7. The van der Waals surface area contributed by atoms with Gasteiger partial charge in [0.1, 0.15) is 17.4 Å². The molecule has 216 valence electrons. The maximum absolute atomic E-state index is 14.6. The van der Waals surface area contributed by atoms with Crippen molar-refractivity contribution >= 4 is 23.4 Å². The number of benzene rings is 1. The smallest absolute Gasteiger partial charge is 0.253 e. The molecule has 1 aromatic carbocycles. The topological polar surface area (TPSA) is 99.6 Å². The summed E-state index contributed by atoms with van der Waals surface area (Å²) in [5.74, 6) is -1.84. The number of aliphatic hydroxyl groups is 1. The fourth-order valence-corrected chi connectivity index (χ4v) is 7.15. The number of nitrogens with zero attached hydrogens (tertiary/aromatic N) is 3. The van der Waals surface area contributed by atoms with Gasteiger partial charge in [-0.25, -0.2) is 0 Å². The summed E-state index contributed by atoms with van der Waals surface area (Å²) in [7, 11) is 1.59. The summed E-state index contributed by atoms with van der Waals surface area (Å²) in [6.45, 7) is 8.85. The zero-order valence-corrected chi connectivity index (χ0v) is 24.1. The number of aliphatic hydroxyl groups excluding tert-OH is 1. The molecule has 9 heteroatoms. The quantitative estimate of drug-likeness (QED) is 0.499. The van der Waals surface area contributed by atoms with Crippen LogP contribution in [0, 0.1) is 17.8 Å². The van der Waals surface area contributed by atoms with E-state index in [1.165, 1.54) is 0 Å². The van der Waals surface area contributed by atoms with Crippen LogP contribution in [0.3, 0.4) is 0 Å². The van der Waals surface area contributed by atoms with Crippen LogP contribution in [0.1, 0.15) is 40.5 Å². The average Bonchev–Trinajstić information content (AvgIpc) is 3.22. The Labute approximate surface area is 236 Å². The summed E-state index contributed by atoms with van der Waals surface area (Å²) in [5.41, 5.74) is -1.75. The number of methoxy groups -OCH3 is 1. The zero-order chi connectivity index (χ0) is 28.8. The predicted molar refractivity (Wildman–Crippen MR) is 151 cm³/mol. The van der Waals surface area contributed by atoms with E-state index in [1.807, 2.05) is 64.1 Å². The Hall–Kier alpha value is -3.17. The molecule has 0 aliphatic carbocycles. The summed E-state index contributed by atoms with van der Waals surface area (Å²) in [6, 6.07) is 5.57. The number of hydrogen-bond acceptors (Lipinski definition) is 6. The molecule has 0 aromatic heterocycles. The van der Waals surface area contributed by atoms with Gasteiger partial charge in [-0.3, -0.25) is 14.4 Å². The summed E-state index contributed by atoms with van der Waals surface area (Å²) in [4.78, 5) is 48.3. The van der Waals surface area contributed by atoms with Gasteiger partial charge in [0.05, 0.1) is 37.2 Å². The fourth-order valence-electron chi connectivity index (χ4n) is 7.15. The molecule has 0 bridgehead atoms. The van der Waals surface area contributed by atoms with Gasteiger partial charge >= 0.3 is 0 Å². The highest BCUT2D eigenvalue weighted by molar-refractivity contribution is 6.06. The fraction of sp³-hybridized carbons (Fsp3) is 0.581. The highest BCUT2D eigenvalue weighted by Crippen LogP contribution is 2.58. The highest BCUT2D eigenvalue weighted by Gasteiger charge is 2.75. The molecule has 4 heterocycles. The van der Waals surface area contributed by atoms with Gasteiger partial charge in [-0.1, -0.05) is 51.5 Å². The number of anilines is 1. The number of rotatable bonds is 8. The van der Waals surface area contributed by atoms with Gasteiger partial charge in [-0.15, -0.1) is 0 Å². The molecule has 1 spiro atoms. The van der Waals surface area contributed by atoms with Gasteiger partial charge in [0, 0.05) is 25.3 Å². The van der Waals surface area contributed by atoms with Gasteiger partial charge in [-0.2, -0.15) is 0 Å². The SMILES string of the molecule is CCCN1CC=C[C@]2(C)O[C@]34C=CCN(c5ccc(OC)cc5)C(=O)C3N([C@@H](CO)[C@@H](C)CC)C(=O)[C@@H]4[C@@H]2C1=O. The lowest BCUT2D eigenvalue weighted by Crippen LogP contribution is -2.60. The lowest BCUT2D eigenvalue weighted by atomic mass is 9.74. The minimum absolute atomic E-state index is 0.0769. The van der Waals surface area contributed by atoms with Gasteiger partial charge < -0.3 is 29.3 Å². The van der Waals surface area contributed by atoms with E-state index in [4.69, 9.17) is 9.47 Å². The maximum Gasteiger partial charge on any atom is 0.253 e. The standard InChI is InChI=1S/C31H41N3O6/c1-6-16-32-17-8-14-30(4)24(27(32)36)25-28(37)34(23(19-35)20(3)7-2)26-29(38)33(18-9-15-31(25,26)40-30)21-10-12-22(39-5)13-11-21/h8-15,20,23-26,35H,6-7,16-19H2,1-5H3/t20-,23-,24+,25-,26?,30-,31-/m0/s1. The first-order chi connectivity index (χ1) is 19.2. The summed E-state index contributed by atoms with van der Waals surface area (Å²) in [6.07, 6.45) is 9.05. The first kappa shape index (κ1) is 28.4. The Morgan fingerprint density at radius 1 is 1.02 bits per heavy atom. The molecular formula is C31H41N3O6. The normalized spacial score (nSPS) is 32.9. The van der Waals surface area contributed by atoms with Crippen LogP contribution in [0.25, 0.3) is 0 Å². The van der Waals surface area contributed by atoms with Crippen molar-refractivity contribution in [3.8, 4) is 5.75 Å². The minimum atomic E-state index is -1.36. The van der Waals surface area contributed by atoms with E-state index in [0.717, 1.165) is 6.42 Å². The molecule has 7 atom stereocenters. The van der Waals surface area contributed by atoms with Gasteiger partial charge in [0.15, 0.2) is 0 Å². The molecule has 1 aromatic rings. The third-order valence-electron chi connectivity index (χ3n) is 9.30. The molecule has 9 nitrogen and oxygen atoms in total. The zero-order valence-electron chi connectivity index (χ0n) is 24.1. The molecule has 0 saturated carbocycles. The minimum Gasteiger partial charge on any atom is -0.497 e. The summed E-state index contributed by atoms with van der Waals surface area (Å²) < 4.78 is 12.2.